The molecule has 2 aromatic rings. The molecule has 0 spiro atoms. The van der Waals surface area contributed by atoms with E-state index in [2.05, 4.69) is 10.3 Å². The van der Waals surface area contributed by atoms with E-state index < -0.39 is 23.8 Å². The molecule has 0 bridgehead atoms. The van der Waals surface area contributed by atoms with Gasteiger partial charge in [0.15, 0.2) is 5.58 Å². The molecule has 1 aliphatic carbocycles. The van der Waals surface area contributed by atoms with Crippen LogP contribution in [0, 0.1) is 11.8 Å². The molecule has 0 saturated heterocycles. The van der Waals surface area contributed by atoms with Crippen LogP contribution in [0.2, 0.25) is 0 Å². The summed E-state index contributed by atoms with van der Waals surface area (Å²) in [7, 11) is 0. The van der Waals surface area contributed by atoms with Gasteiger partial charge >= 0.3 is 0 Å². The molecular formula is C20H25N3O4. The number of fused-ring (bicyclic) bond motifs is 1. The fraction of sp³-hybridized carbons (Fsp3) is 0.500. The number of amides is 2. The summed E-state index contributed by atoms with van der Waals surface area (Å²) in [6.07, 6.45) is 4.16. The minimum absolute atomic E-state index is 0.00922. The van der Waals surface area contributed by atoms with Crippen molar-refractivity contribution in [2.24, 2.45) is 17.6 Å². The lowest BCUT2D eigenvalue weighted by Gasteiger charge is -2.29. The second kappa shape index (κ2) is 8.33. The molecule has 2 amide bonds. The number of para-hydroxylation sites is 2. The van der Waals surface area contributed by atoms with Crippen LogP contribution >= 0.6 is 0 Å². The molecule has 1 aromatic carbocycles. The van der Waals surface area contributed by atoms with E-state index in [1.807, 2.05) is 13.0 Å². The number of Topliss-reactive ketones (excluding diaryl/α,β-unsaturated/α-hetero) is 1. The summed E-state index contributed by atoms with van der Waals surface area (Å²) in [6.45, 7) is 1.94. The van der Waals surface area contributed by atoms with Crippen molar-refractivity contribution in [3.63, 3.8) is 0 Å². The Labute approximate surface area is 157 Å². The van der Waals surface area contributed by atoms with Gasteiger partial charge in [0.05, 0.1) is 6.04 Å². The van der Waals surface area contributed by atoms with Crippen LogP contribution in [0.4, 0.5) is 0 Å². The van der Waals surface area contributed by atoms with Gasteiger partial charge in [-0.05, 0) is 31.4 Å². The third-order valence-electron chi connectivity index (χ3n) is 5.18. The first kappa shape index (κ1) is 19.1. The van der Waals surface area contributed by atoms with Crippen LogP contribution in [0.25, 0.3) is 11.1 Å². The normalized spacial score (nSPS) is 20.9. The average Bonchev–Trinajstić information content (AvgIpc) is 3.11. The predicted octanol–water partition coefficient (Wildman–Crippen LogP) is 2.59. The zero-order valence-corrected chi connectivity index (χ0v) is 15.4. The van der Waals surface area contributed by atoms with Gasteiger partial charge in [-0.2, -0.15) is 0 Å². The maximum Gasteiger partial charge on any atom is 0.266 e. The van der Waals surface area contributed by atoms with Crippen LogP contribution in [-0.2, 0) is 9.59 Å². The Morgan fingerprint density at radius 1 is 1.22 bits per heavy atom. The van der Waals surface area contributed by atoms with Crippen LogP contribution in [0.15, 0.2) is 28.7 Å². The number of rotatable bonds is 7. The molecule has 1 heterocycles. The number of carbonyl (C=O) groups excluding carboxylic acids is 3. The largest absolute Gasteiger partial charge is 0.434 e. The van der Waals surface area contributed by atoms with Crippen LogP contribution in [0.1, 0.15) is 56.1 Å². The zero-order chi connectivity index (χ0) is 19.4. The van der Waals surface area contributed by atoms with Crippen molar-refractivity contribution in [1.82, 2.24) is 10.3 Å². The number of nitrogens with two attached hydrogens (primary N) is 1. The monoisotopic (exact) mass is 371 g/mol. The number of hydrogen-bond acceptors (Lipinski definition) is 5. The molecule has 0 unspecified atom stereocenters. The van der Waals surface area contributed by atoms with Gasteiger partial charge in [0.2, 0.25) is 17.6 Å². The van der Waals surface area contributed by atoms with E-state index in [0.29, 0.717) is 36.8 Å². The summed E-state index contributed by atoms with van der Waals surface area (Å²) in [5, 5.41) is 2.82. The topological polar surface area (TPSA) is 115 Å². The number of oxazole rings is 1. The first-order valence-electron chi connectivity index (χ1n) is 9.50. The van der Waals surface area contributed by atoms with E-state index in [-0.39, 0.29) is 17.6 Å². The number of nitrogens with zero attached hydrogens (tertiary/aromatic N) is 1. The Kier molecular flexibility index (Phi) is 5.88. The Bertz CT molecular complexity index is 812. The number of carbonyl (C=O) groups is 3. The molecular weight excluding hydrogens is 346 g/mol. The van der Waals surface area contributed by atoms with Crippen molar-refractivity contribution in [2.45, 2.75) is 51.5 Å². The smallest absolute Gasteiger partial charge is 0.266 e. The van der Waals surface area contributed by atoms with E-state index in [4.69, 9.17) is 10.2 Å². The van der Waals surface area contributed by atoms with Crippen LogP contribution in [0.3, 0.4) is 0 Å². The predicted molar refractivity (Wildman–Crippen MR) is 99.8 cm³/mol. The average molecular weight is 371 g/mol. The van der Waals surface area contributed by atoms with Crippen LogP contribution in [0.5, 0.6) is 0 Å². The first-order chi connectivity index (χ1) is 13.0. The third kappa shape index (κ3) is 4.18. The van der Waals surface area contributed by atoms with Crippen molar-refractivity contribution < 1.29 is 18.8 Å². The molecule has 1 saturated carbocycles. The maximum atomic E-state index is 12.9. The van der Waals surface area contributed by atoms with Gasteiger partial charge in [0.1, 0.15) is 5.52 Å². The highest BCUT2D eigenvalue weighted by molar-refractivity contribution is 6.00. The second-order valence-electron chi connectivity index (χ2n) is 7.10. The number of aromatic nitrogens is 1. The van der Waals surface area contributed by atoms with Gasteiger partial charge in [-0.1, -0.05) is 38.3 Å². The fourth-order valence-electron chi connectivity index (χ4n) is 3.75. The SMILES string of the molecule is CCC[C@H](NC(=O)[C@@H]1CCCC[C@@H]1C(N)=O)C(=O)c1nc2ccccc2o1. The Hall–Kier alpha value is -2.70. The van der Waals surface area contributed by atoms with E-state index in [9.17, 15) is 14.4 Å². The zero-order valence-electron chi connectivity index (χ0n) is 15.4. The van der Waals surface area contributed by atoms with Crippen molar-refractivity contribution in [3.8, 4) is 0 Å². The molecule has 1 aliphatic rings. The van der Waals surface area contributed by atoms with Crippen molar-refractivity contribution in [1.29, 1.82) is 0 Å². The lowest BCUT2D eigenvalue weighted by molar-refractivity contribution is -0.135. The standard InChI is InChI=1S/C20H25N3O4/c1-2-7-15(17(24)20-23-14-10-5-6-11-16(14)27-20)22-19(26)13-9-4-3-8-12(13)18(21)25/h5-6,10-13,15H,2-4,7-9H2,1H3,(H2,21,25)(H,22,26)/t12-,13+,15-/m0/s1. The molecule has 3 N–H and O–H groups in total. The molecule has 3 atom stereocenters. The molecule has 7 heteroatoms. The molecule has 3 rings (SSSR count). The van der Waals surface area contributed by atoms with Gasteiger partial charge in [-0.25, -0.2) is 4.98 Å². The maximum absolute atomic E-state index is 12.9. The summed E-state index contributed by atoms with van der Waals surface area (Å²) in [5.41, 5.74) is 6.60. The Morgan fingerprint density at radius 3 is 2.59 bits per heavy atom. The van der Waals surface area contributed by atoms with Gasteiger partial charge in [0, 0.05) is 11.8 Å². The van der Waals surface area contributed by atoms with Gasteiger partial charge in [0.25, 0.3) is 5.89 Å². The molecule has 144 valence electrons. The summed E-state index contributed by atoms with van der Waals surface area (Å²) in [6, 6.07) is 6.40. The number of benzene rings is 1. The van der Waals surface area contributed by atoms with Crippen molar-refractivity contribution >= 4 is 28.7 Å². The van der Waals surface area contributed by atoms with E-state index in [1.54, 1.807) is 18.2 Å². The lowest BCUT2D eigenvalue weighted by Crippen LogP contribution is -2.48. The number of primary amides is 1. The molecule has 0 radical (unpaired) electrons. The quantitative estimate of drug-likeness (QED) is 0.726. The molecule has 7 nitrogen and oxygen atoms in total. The Balaban J connectivity index is 1.77. The fourth-order valence-corrected chi connectivity index (χ4v) is 3.75. The molecule has 0 aliphatic heterocycles. The highest BCUT2D eigenvalue weighted by Crippen LogP contribution is 2.30. The lowest BCUT2D eigenvalue weighted by atomic mass is 9.78. The van der Waals surface area contributed by atoms with E-state index in [1.165, 1.54) is 0 Å². The molecule has 1 fully saturated rings. The Morgan fingerprint density at radius 2 is 1.93 bits per heavy atom. The van der Waals surface area contributed by atoms with Crippen molar-refractivity contribution in [3.05, 3.63) is 30.2 Å². The highest BCUT2D eigenvalue weighted by Gasteiger charge is 2.36. The summed E-state index contributed by atoms with van der Waals surface area (Å²) < 4.78 is 5.56. The molecule has 1 aromatic heterocycles. The van der Waals surface area contributed by atoms with Gasteiger partial charge in [-0.3, -0.25) is 14.4 Å². The van der Waals surface area contributed by atoms with Crippen LogP contribution in [-0.4, -0.2) is 28.6 Å². The molecule has 27 heavy (non-hydrogen) atoms. The summed E-state index contributed by atoms with van der Waals surface area (Å²) in [4.78, 5) is 41.6. The number of hydrogen-bond donors (Lipinski definition) is 2. The minimum Gasteiger partial charge on any atom is -0.434 e. The van der Waals surface area contributed by atoms with Crippen molar-refractivity contribution in [2.75, 3.05) is 0 Å². The van der Waals surface area contributed by atoms with E-state index >= 15 is 0 Å². The highest BCUT2D eigenvalue weighted by atomic mass is 16.4. The van der Waals surface area contributed by atoms with Gasteiger partial charge < -0.3 is 15.5 Å². The summed E-state index contributed by atoms with van der Waals surface area (Å²) >= 11 is 0. The summed E-state index contributed by atoms with van der Waals surface area (Å²) in [5.74, 6) is -2.06. The van der Waals surface area contributed by atoms with Gasteiger partial charge in [-0.15, -0.1) is 0 Å². The van der Waals surface area contributed by atoms with E-state index in [0.717, 1.165) is 12.8 Å². The number of ketones is 1. The first-order valence-corrected chi connectivity index (χ1v) is 9.50. The third-order valence-corrected chi connectivity index (χ3v) is 5.18. The second-order valence-corrected chi connectivity index (χ2v) is 7.10. The van der Waals surface area contributed by atoms with Crippen LogP contribution < -0.4 is 11.1 Å². The number of nitrogens with one attached hydrogen (secondary N) is 1. The minimum atomic E-state index is -0.731.